The van der Waals surface area contributed by atoms with Crippen LogP contribution in [0.3, 0.4) is 0 Å². The number of ketones is 1. The lowest BCUT2D eigenvalue weighted by atomic mass is 10.1. The predicted molar refractivity (Wildman–Crippen MR) is 100 cm³/mol. The van der Waals surface area contributed by atoms with Crippen LogP contribution in [0.15, 0.2) is 66.1 Å². The standard InChI is InChI=1S/C21H15FO3S/c1-14-5-2-3-7-17(14)21(24)25-20-11-8-15(22)13-18(20)19(23)10-9-16-6-4-12-26-16/h2-13H,1H3/b10-9+. The van der Waals surface area contributed by atoms with Gasteiger partial charge in [0.05, 0.1) is 11.1 Å². The molecular formula is C21H15FO3S. The third-order valence-corrected chi connectivity index (χ3v) is 4.55. The van der Waals surface area contributed by atoms with E-state index < -0.39 is 17.6 Å². The first-order valence-corrected chi connectivity index (χ1v) is 8.76. The van der Waals surface area contributed by atoms with Crippen molar-refractivity contribution in [3.8, 4) is 5.75 Å². The fraction of sp³-hybridized carbons (Fsp3) is 0.0476. The highest BCUT2D eigenvalue weighted by Crippen LogP contribution is 2.23. The number of rotatable bonds is 5. The van der Waals surface area contributed by atoms with Gasteiger partial charge in [-0.3, -0.25) is 4.79 Å². The van der Waals surface area contributed by atoms with Crippen LogP contribution < -0.4 is 4.74 Å². The summed E-state index contributed by atoms with van der Waals surface area (Å²) < 4.78 is 19.0. The lowest BCUT2D eigenvalue weighted by molar-refractivity contribution is 0.0732. The topological polar surface area (TPSA) is 43.4 Å². The highest BCUT2D eigenvalue weighted by Gasteiger charge is 2.17. The number of allylic oxidation sites excluding steroid dienone is 1. The zero-order valence-corrected chi connectivity index (χ0v) is 14.8. The molecule has 0 fully saturated rings. The van der Waals surface area contributed by atoms with Crippen LogP contribution in [0.2, 0.25) is 0 Å². The van der Waals surface area contributed by atoms with Crippen LogP contribution in [0.25, 0.3) is 6.08 Å². The van der Waals surface area contributed by atoms with Crippen molar-refractivity contribution in [3.63, 3.8) is 0 Å². The Kier molecular flexibility index (Phi) is 5.39. The van der Waals surface area contributed by atoms with Crippen LogP contribution in [0, 0.1) is 12.7 Å². The van der Waals surface area contributed by atoms with E-state index >= 15 is 0 Å². The Bertz CT molecular complexity index is 975. The second-order valence-electron chi connectivity index (χ2n) is 5.56. The Hall–Kier alpha value is -3.05. The Balaban J connectivity index is 1.87. The van der Waals surface area contributed by atoms with E-state index in [2.05, 4.69) is 0 Å². The number of carbonyl (C=O) groups excluding carboxylic acids is 2. The summed E-state index contributed by atoms with van der Waals surface area (Å²) in [5.41, 5.74) is 1.15. The number of aryl methyl sites for hydroxylation is 1. The molecule has 1 aromatic heterocycles. The SMILES string of the molecule is Cc1ccccc1C(=O)Oc1ccc(F)cc1C(=O)/C=C/c1cccs1. The van der Waals surface area contributed by atoms with Gasteiger partial charge in [-0.2, -0.15) is 0 Å². The quantitative estimate of drug-likeness (QED) is 0.266. The minimum Gasteiger partial charge on any atom is -0.422 e. The zero-order chi connectivity index (χ0) is 18.5. The summed E-state index contributed by atoms with van der Waals surface area (Å²) in [6.45, 7) is 1.79. The largest absolute Gasteiger partial charge is 0.422 e. The van der Waals surface area contributed by atoms with Gasteiger partial charge in [0.2, 0.25) is 0 Å². The van der Waals surface area contributed by atoms with Gasteiger partial charge in [-0.25, -0.2) is 9.18 Å². The van der Waals surface area contributed by atoms with E-state index in [1.165, 1.54) is 23.5 Å². The molecule has 0 atom stereocenters. The van der Waals surface area contributed by atoms with Crippen molar-refractivity contribution in [2.75, 3.05) is 0 Å². The molecule has 3 aromatic rings. The molecular weight excluding hydrogens is 351 g/mol. The average Bonchev–Trinajstić information content (AvgIpc) is 3.15. The highest BCUT2D eigenvalue weighted by atomic mass is 32.1. The lowest BCUT2D eigenvalue weighted by Crippen LogP contribution is -2.12. The molecule has 0 bridgehead atoms. The smallest absolute Gasteiger partial charge is 0.343 e. The first kappa shape index (κ1) is 17.8. The van der Waals surface area contributed by atoms with Crippen molar-refractivity contribution in [1.29, 1.82) is 0 Å². The van der Waals surface area contributed by atoms with Crippen molar-refractivity contribution in [2.45, 2.75) is 6.92 Å². The van der Waals surface area contributed by atoms with E-state index in [9.17, 15) is 14.0 Å². The number of benzene rings is 2. The molecule has 0 unspecified atom stereocenters. The van der Waals surface area contributed by atoms with E-state index in [4.69, 9.17) is 4.74 Å². The summed E-state index contributed by atoms with van der Waals surface area (Å²) in [6.07, 6.45) is 2.98. The number of thiophene rings is 1. The average molecular weight is 366 g/mol. The van der Waals surface area contributed by atoms with Gasteiger partial charge in [-0.15, -0.1) is 11.3 Å². The van der Waals surface area contributed by atoms with Gasteiger partial charge in [-0.1, -0.05) is 24.3 Å². The van der Waals surface area contributed by atoms with E-state index in [0.29, 0.717) is 5.56 Å². The van der Waals surface area contributed by atoms with Crippen molar-refractivity contribution < 1.29 is 18.7 Å². The Morgan fingerprint density at radius 2 is 1.85 bits per heavy atom. The summed E-state index contributed by atoms with van der Waals surface area (Å²) in [4.78, 5) is 25.7. The normalized spacial score (nSPS) is 10.8. The molecule has 1 heterocycles. The second-order valence-corrected chi connectivity index (χ2v) is 6.54. The van der Waals surface area contributed by atoms with E-state index in [1.807, 2.05) is 23.6 Å². The van der Waals surface area contributed by atoms with Crippen LogP contribution in [-0.4, -0.2) is 11.8 Å². The molecule has 0 amide bonds. The molecule has 5 heteroatoms. The molecule has 0 radical (unpaired) electrons. The summed E-state index contributed by atoms with van der Waals surface area (Å²) in [5, 5.41) is 1.89. The van der Waals surface area contributed by atoms with E-state index in [-0.39, 0.29) is 11.3 Å². The van der Waals surface area contributed by atoms with Crippen LogP contribution in [0.1, 0.15) is 31.2 Å². The van der Waals surface area contributed by atoms with Crippen molar-refractivity contribution in [1.82, 2.24) is 0 Å². The molecule has 130 valence electrons. The van der Waals surface area contributed by atoms with Crippen molar-refractivity contribution in [3.05, 3.63) is 93.4 Å². The molecule has 0 spiro atoms. The summed E-state index contributed by atoms with van der Waals surface area (Å²) in [5.74, 6) is -1.58. The zero-order valence-electron chi connectivity index (χ0n) is 13.9. The summed E-state index contributed by atoms with van der Waals surface area (Å²) >= 11 is 1.48. The van der Waals surface area contributed by atoms with Gasteiger partial charge in [0.25, 0.3) is 0 Å². The van der Waals surface area contributed by atoms with E-state index in [0.717, 1.165) is 22.6 Å². The lowest BCUT2D eigenvalue weighted by Gasteiger charge is -2.10. The van der Waals surface area contributed by atoms with Crippen LogP contribution in [0.5, 0.6) is 5.75 Å². The first-order valence-electron chi connectivity index (χ1n) is 7.88. The minimum absolute atomic E-state index is 0.000240. The fourth-order valence-electron chi connectivity index (χ4n) is 2.37. The maximum Gasteiger partial charge on any atom is 0.343 e. The Labute approximate surface area is 154 Å². The Morgan fingerprint density at radius 1 is 1.04 bits per heavy atom. The van der Waals surface area contributed by atoms with Gasteiger partial charge in [0.1, 0.15) is 11.6 Å². The van der Waals surface area contributed by atoms with Crippen LogP contribution >= 0.6 is 11.3 Å². The highest BCUT2D eigenvalue weighted by molar-refractivity contribution is 7.10. The van der Waals surface area contributed by atoms with Crippen molar-refractivity contribution in [2.24, 2.45) is 0 Å². The summed E-state index contributed by atoms with van der Waals surface area (Å²) in [7, 11) is 0. The molecule has 26 heavy (non-hydrogen) atoms. The third kappa shape index (κ3) is 4.13. The third-order valence-electron chi connectivity index (χ3n) is 3.72. The monoisotopic (exact) mass is 366 g/mol. The predicted octanol–water partition coefficient (Wildman–Crippen LogP) is 5.31. The first-order chi connectivity index (χ1) is 12.5. The number of esters is 1. The number of hydrogen-bond donors (Lipinski definition) is 0. The van der Waals surface area contributed by atoms with Gasteiger partial charge < -0.3 is 4.74 Å². The van der Waals surface area contributed by atoms with Gasteiger partial charge in [0, 0.05) is 4.88 Å². The molecule has 0 aliphatic carbocycles. The molecule has 3 rings (SSSR count). The second kappa shape index (κ2) is 7.89. The van der Waals surface area contributed by atoms with E-state index in [1.54, 1.807) is 31.2 Å². The molecule has 0 aliphatic heterocycles. The van der Waals surface area contributed by atoms with Crippen molar-refractivity contribution >= 4 is 29.2 Å². The van der Waals surface area contributed by atoms with Gasteiger partial charge >= 0.3 is 5.97 Å². The summed E-state index contributed by atoms with van der Waals surface area (Å²) in [6, 6.07) is 14.2. The number of halogens is 1. The molecule has 0 saturated carbocycles. The minimum atomic E-state index is -0.592. The van der Waals surface area contributed by atoms with Crippen LogP contribution in [0.4, 0.5) is 4.39 Å². The molecule has 0 saturated heterocycles. The van der Waals surface area contributed by atoms with Gasteiger partial charge in [-0.05, 0) is 60.4 Å². The maximum absolute atomic E-state index is 13.6. The number of ether oxygens (including phenoxy) is 1. The molecule has 3 nitrogen and oxygen atoms in total. The van der Waals surface area contributed by atoms with Crippen LogP contribution in [-0.2, 0) is 0 Å². The maximum atomic E-state index is 13.6. The molecule has 0 aliphatic rings. The molecule has 2 aromatic carbocycles. The fourth-order valence-corrected chi connectivity index (χ4v) is 2.99. The molecule has 0 N–H and O–H groups in total. The van der Waals surface area contributed by atoms with Gasteiger partial charge in [0.15, 0.2) is 5.78 Å². The number of hydrogen-bond acceptors (Lipinski definition) is 4. The Morgan fingerprint density at radius 3 is 2.58 bits per heavy atom. The number of carbonyl (C=O) groups is 2.